The number of carbonyl (C=O) groups is 2. The molecule has 2 bridgehead atoms. The van der Waals surface area contributed by atoms with E-state index in [1.54, 1.807) is 6.92 Å². The second-order valence-electron chi connectivity index (χ2n) is 7.22. The first-order valence-corrected chi connectivity index (χ1v) is 8.98. The molecule has 3 saturated heterocycles. The molecule has 3 aliphatic heterocycles. The largest absolute Gasteiger partial charge is 0.464 e. The summed E-state index contributed by atoms with van der Waals surface area (Å²) in [5, 5.41) is 0. The molecule has 3 aliphatic rings. The van der Waals surface area contributed by atoms with E-state index in [0.717, 1.165) is 52.2 Å². The zero-order valence-corrected chi connectivity index (χ0v) is 14.2. The molecular weight excluding hydrogens is 294 g/mol. The highest BCUT2D eigenvalue weighted by Gasteiger charge is 2.34. The number of esters is 1. The summed E-state index contributed by atoms with van der Waals surface area (Å²) in [6, 6.07) is 0. The first kappa shape index (κ1) is 16.7. The van der Waals surface area contributed by atoms with Crippen LogP contribution in [-0.4, -0.2) is 85.5 Å². The van der Waals surface area contributed by atoms with E-state index in [9.17, 15) is 9.59 Å². The van der Waals surface area contributed by atoms with Crippen LogP contribution in [0.15, 0.2) is 0 Å². The molecule has 1 amide bonds. The topological polar surface area (TPSA) is 53.1 Å². The number of fused-ring (bicyclic) bond motifs is 2. The number of piperazine rings is 1. The van der Waals surface area contributed by atoms with Crippen LogP contribution < -0.4 is 0 Å². The first-order chi connectivity index (χ1) is 11.1. The molecule has 3 rings (SSSR count). The maximum Gasteiger partial charge on any atom is 0.310 e. The standard InChI is InChI=1S/C17H29N3O3/c1-14(21)20-7-5-18(6-8-20)9-10-23-17(22)16-11-15-3-2-4-19(12-15)13-16/h15-16H,2-13H2,1H3. The van der Waals surface area contributed by atoms with Gasteiger partial charge in [-0.1, -0.05) is 0 Å². The third-order valence-electron chi connectivity index (χ3n) is 5.50. The highest BCUT2D eigenvalue weighted by atomic mass is 16.5. The fraction of sp³-hybridized carbons (Fsp3) is 0.882. The fourth-order valence-electron chi connectivity index (χ4n) is 4.15. The number of rotatable bonds is 4. The van der Waals surface area contributed by atoms with Gasteiger partial charge in [-0.05, 0) is 31.7 Å². The molecule has 130 valence electrons. The van der Waals surface area contributed by atoms with Crippen molar-refractivity contribution in [2.24, 2.45) is 11.8 Å². The van der Waals surface area contributed by atoms with E-state index in [1.165, 1.54) is 19.4 Å². The SMILES string of the molecule is CC(=O)N1CCN(CCOC(=O)C2CC3CCCN(C3)C2)CC1. The number of hydrogen-bond acceptors (Lipinski definition) is 5. The molecule has 23 heavy (non-hydrogen) atoms. The van der Waals surface area contributed by atoms with Crippen LogP contribution in [0.5, 0.6) is 0 Å². The van der Waals surface area contributed by atoms with Gasteiger partial charge in [0.2, 0.25) is 5.91 Å². The molecule has 0 aliphatic carbocycles. The highest BCUT2D eigenvalue weighted by molar-refractivity contribution is 5.73. The van der Waals surface area contributed by atoms with Crippen LogP contribution in [0.4, 0.5) is 0 Å². The van der Waals surface area contributed by atoms with Crippen molar-refractivity contribution in [2.45, 2.75) is 26.2 Å². The van der Waals surface area contributed by atoms with E-state index >= 15 is 0 Å². The van der Waals surface area contributed by atoms with Gasteiger partial charge in [-0.3, -0.25) is 14.5 Å². The molecule has 0 aromatic rings. The van der Waals surface area contributed by atoms with Crippen molar-refractivity contribution in [3.8, 4) is 0 Å². The van der Waals surface area contributed by atoms with Gasteiger partial charge < -0.3 is 14.5 Å². The number of carbonyl (C=O) groups excluding carboxylic acids is 2. The van der Waals surface area contributed by atoms with Crippen molar-refractivity contribution in [2.75, 3.05) is 59.0 Å². The van der Waals surface area contributed by atoms with Gasteiger partial charge in [-0.2, -0.15) is 0 Å². The lowest BCUT2D eigenvalue weighted by atomic mass is 9.83. The van der Waals surface area contributed by atoms with Gasteiger partial charge in [0.05, 0.1) is 5.92 Å². The Bertz CT molecular complexity index is 423. The number of ether oxygens (including phenoxy) is 1. The Morgan fingerprint density at radius 2 is 1.87 bits per heavy atom. The lowest BCUT2D eigenvalue weighted by molar-refractivity contribution is -0.152. The number of amides is 1. The molecule has 6 nitrogen and oxygen atoms in total. The van der Waals surface area contributed by atoms with Gasteiger partial charge in [-0.15, -0.1) is 0 Å². The minimum Gasteiger partial charge on any atom is -0.464 e. The Morgan fingerprint density at radius 3 is 2.57 bits per heavy atom. The van der Waals surface area contributed by atoms with Crippen molar-refractivity contribution < 1.29 is 14.3 Å². The quantitative estimate of drug-likeness (QED) is 0.702. The summed E-state index contributed by atoms with van der Waals surface area (Å²) in [6.45, 7) is 9.36. The maximum atomic E-state index is 12.3. The molecule has 0 saturated carbocycles. The second kappa shape index (κ2) is 7.62. The molecule has 0 radical (unpaired) electrons. The summed E-state index contributed by atoms with van der Waals surface area (Å²) in [5.74, 6) is 0.899. The van der Waals surface area contributed by atoms with Crippen LogP contribution >= 0.6 is 0 Å². The van der Waals surface area contributed by atoms with Gasteiger partial charge in [-0.25, -0.2) is 0 Å². The monoisotopic (exact) mass is 323 g/mol. The molecule has 0 N–H and O–H groups in total. The van der Waals surface area contributed by atoms with Crippen molar-refractivity contribution >= 4 is 11.9 Å². The zero-order chi connectivity index (χ0) is 16.2. The Morgan fingerprint density at radius 1 is 1.09 bits per heavy atom. The van der Waals surface area contributed by atoms with Crippen molar-refractivity contribution in [3.05, 3.63) is 0 Å². The molecule has 3 atom stereocenters. The van der Waals surface area contributed by atoms with E-state index < -0.39 is 0 Å². The third-order valence-corrected chi connectivity index (χ3v) is 5.50. The lowest BCUT2D eigenvalue weighted by Gasteiger charge is -2.40. The van der Waals surface area contributed by atoms with E-state index in [-0.39, 0.29) is 17.8 Å². The Labute approximate surface area is 138 Å². The molecular formula is C17H29N3O3. The van der Waals surface area contributed by atoms with Gasteiger partial charge in [0.15, 0.2) is 0 Å². The molecule has 0 spiro atoms. The molecule has 3 fully saturated rings. The normalized spacial score (nSPS) is 31.7. The van der Waals surface area contributed by atoms with Crippen LogP contribution in [0.2, 0.25) is 0 Å². The van der Waals surface area contributed by atoms with Crippen molar-refractivity contribution in [1.82, 2.24) is 14.7 Å². The van der Waals surface area contributed by atoms with Crippen LogP contribution in [0.1, 0.15) is 26.2 Å². The average molecular weight is 323 g/mol. The predicted octanol–water partition coefficient (Wildman–Crippen LogP) is 0.426. The zero-order valence-electron chi connectivity index (χ0n) is 14.2. The molecule has 0 aromatic carbocycles. The van der Waals surface area contributed by atoms with Crippen LogP contribution in [-0.2, 0) is 14.3 Å². The molecule has 3 heterocycles. The fourth-order valence-corrected chi connectivity index (χ4v) is 4.15. The maximum absolute atomic E-state index is 12.3. The summed E-state index contributed by atoms with van der Waals surface area (Å²) in [7, 11) is 0. The summed E-state index contributed by atoms with van der Waals surface area (Å²) >= 11 is 0. The minimum atomic E-state index is -0.0102. The Balaban J connectivity index is 1.34. The van der Waals surface area contributed by atoms with Crippen LogP contribution in [0.25, 0.3) is 0 Å². The number of piperidine rings is 2. The Hall–Kier alpha value is -1.14. The first-order valence-electron chi connectivity index (χ1n) is 8.98. The average Bonchev–Trinajstić information content (AvgIpc) is 2.55. The number of hydrogen-bond donors (Lipinski definition) is 0. The summed E-state index contributed by atoms with van der Waals surface area (Å²) in [4.78, 5) is 30.2. The van der Waals surface area contributed by atoms with Crippen LogP contribution in [0.3, 0.4) is 0 Å². The summed E-state index contributed by atoms with van der Waals surface area (Å²) < 4.78 is 5.54. The summed E-state index contributed by atoms with van der Waals surface area (Å²) in [5.41, 5.74) is 0. The van der Waals surface area contributed by atoms with Crippen LogP contribution in [0, 0.1) is 11.8 Å². The third kappa shape index (κ3) is 4.44. The molecule has 0 aromatic heterocycles. The van der Waals surface area contributed by atoms with E-state index in [2.05, 4.69) is 9.80 Å². The minimum absolute atomic E-state index is 0.0102. The van der Waals surface area contributed by atoms with Gasteiger partial charge in [0.25, 0.3) is 0 Å². The Kier molecular flexibility index (Phi) is 5.54. The second-order valence-corrected chi connectivity index (χ2v) is 7.22. The number of nitrogens with zero attached hydrogens (tertiary/aromatic N) is 3. The van der Waals surface area contributed by atoms with E-state index in [4.69, 9.17) is 4.74 Å². The highest BCUT2D eigenvalue weighted by Crippen LogP contribution is 2.30. The van der Waals surface area contributed by atoms with Crippen molar-refractivity contribution in [3.63, 3.8) is 0 Å². The smallest absolute Gasteiger partial charge is 0.310 e. The summed E-state index contributed by atoms with van der Waals surface area (Å²) in [6.07, 6.45) is 3.55. The van der Waals surface area contributed by atoms with E-state index in [1.807, 2.05) is 4.90 Å². The lowest BCUT2D eigenvalue weighted by Crippen LogP contribution is -2.49. The predicted molar refractivity (Wildman–Crippen MR) is 86.9 cm³/mol. The van der Waals surface area contributed by atoms with Gasteiger partial charge >= 0.3 is 5.97 Å². The van der Waals surface area contributed by atoms with Gasteiger partial charge in [0, 0.05) is 52.7 Å². The molecule has 3 unspecified atom stereocenters. The van der Waals surface area contributed by atoms with Gasteiger partial charge in [0.1, 0.15) is 6.61 Å². The molecule has 6 heteroatoms. The van der Waals surface area contributed by atoms with E-state index in [0.29, 0.717) is 12.5 Å². The van der Waals surface area contributed by atoms with Crippen molar-refractivity contribution in [1.29, 1.82) is 0 Å².